The van der Waals surface area contributed by atoms with Gasteiger partial charge < -0.3 is 9.84 Å². The van der Waals surface area contributed by atoms with Crippen molar-refractivity contribution in [2.24, 2.45) is 0 Å². The molecule has 0 aliphatic carbocycles. The number of hydrogen-bond acceptors (Lipinski definition) is 5. The van der Waals surface area contributed by atoms with Crippen LogP contribution in [0.3, 0.4) is 0 Å². The van der Waals surface area contributed by atoms with E-state index in [9.17, 15) is 4.79 Å². The average molecular weight is 269 g/mol. The highest BCUT2D eigenvalue weighted by Crippen LogP contribution is 2.26. The quantitative estimate of drug-likeness (QED) is 0.888. The first kappa shape index (κ1) is 12.3. The van der Waals surface area contributed by atoms with Gasteiger partial charge in [0.1, 0.15) is 12.2 Å². The van der Waals surface area contributed by atoms with Crippen molar-refractivity contribution in [2.45, 2.75) is 6.42 Å². The summed E-state index contributed by atoms with van der Waals surface area (Å²) in [4.78, 5) is 10.7. The molecule has 7 nitrogen and oxygen atoms in total. The zero-order chi connectivity index (χ0) is 13.1. The minimum Gasteiger partial charge on any atom is -0.495 e. The van der Waals surface area contributed by atoms with Crippen LogP contribution in [0.4, 0.5) is 0 Å². The monoisotopic (exact) mass is 268 g/mol. The summed E-state index contributed by atoms with van der Waals surface area (Å²) in [5.41, 5.74) is 0.571. The molecule has 18 heavy (non-hydrogen) atoms. The van der Waals surface area contributed by atoms with Gasteiger partial charge in [-0.3, -0.25) is 4.79 Å². The van der Waals surface area contributed by atoms with E-state index in [0.29, 0.717) is 16.5 Å². The molecule has 0 atom stereocenters. The molecule has 0 radical (unpaired) electrons. The number of benzene rings is 1. The second-order valence-electron chi connectivity index (χ2n) is 3.40. The number of halogens is 1. The largest absolute Gasteiger partial charge is 0.495 e. The van der Waals surface area contributed by atoms with E-state index in [1.807, 2.05) is 0 Å². The topological polar surface area (TPSA) is 90.1 Å². The fourth-order valence-corrected chi connectivity index (χ4v) is 1.69. The highest BCUT2D eigenvalue weighted by molar-refractivity contribution is 6.32. The zero-order valence-electron chi connectivity index (χ0n) is 9.37. The molecule has 1 aromatic heterocycles. The highest BCUT2D eigenvalue weighted by atomic mass is 35.5. The Hall–Kier alpha value is -2.15. The Morgan fingerprint density at radius 2 is 2.33 bits per heavy atom. The summed E-state index contributed by atoms with van der Waals surface area (Å²) in [5, 5.41) is 20.0. The van der Waals surface area contributed by atoms with Crippen molar-refractivity contribution in [1.82, 2.24) is 20.2 Å². The Kier molecular flexibility index (Phi) is 3.42. The van der Waals surface area contributed by atoms with Gasteiger partial charge in [0.2, 0.25) is 0 Å². The molecular formula is C10H9ClN4O3. The van der Waals surface area contributed by atoms with Crippen LogP contribution < -0.4 is 4.74 Å². The lowest BCUT2D eigenvalue weighted by Gasteiger charge is -2.06. The van der Waals surface area contributed by atoms with E-state index < -0.39 is 5.97 Å². The van der Waals surface area contributed by atoms with Crippen molar-refractivity contribution in [3.8, 4) is 11.4 Å². The van der Waals surface area contributed by atoms with Gasteiger partial charge in [0.25, 0.3) is 0 Å². The molecule has 1 heterocycles. The molecule has 0 aliphatic rings. The number of carboxylic acids is 1. The van der Waals surface area contributed by atoms with Gasteiger partial charge in [0.05, 0.1) is 17.8 Å². The second-order valence-corrected chi connectivity index (χ2v) is 3.80. The van der Waals surface area contributed by atoms with Crippen molar-refractivity contribution >= 4 is 17.6 Å². The van der Waals surface area contributed by atoms with E-state index in [0.717, 1.165) is 0 Å². The predicted molar refractivity (Wildman–Crippen MR) is 62.1 cm³/mol. The van der Waals surface area contributed by atoms with Crippen LogP contribution in [0, 0.1) is 0 Å². The average Bonchev–Trinajstić information content (AvgIpc) is 2.76. The Balaban J connectivity index is 2.40. The molecule has 0 saturated heterocycles. The molecule has 0 fully saturated rings. The van der Waals surface area contributed by atoms with Crippen molar-refractivity contribution < 1.29 is 14.6 Å². The molecule has 2 rings (SSSR count). The van der Waals surface area contributed by atoms with Gasteiger partial charge in [0.15, 0.2) is 5.82 Å². The molecule has 0 spiro atoms. The Morgan fingerprint density at radius 1 is 1.56 bits per heavy atom. The van der Waals surface area contributed by atoms with E-state index >= 15 is 0 Å². The van der Waals surface area contributed by atoms with Crippen LogP contribution in [0.5, 0.6) is 5.75 Å². The number of hydrogen-bond donors (Lipinski definition) is 1. The molecule has 1 N–H and O–H groups in total. The van der Waals surface area contributed by atoms with Crippen LogP contribution in [-0.4, -0.2) is 38.4 Å². The van der Waals surface area contributed by atoms with Gasteiger partial charge in [-0.05, 0) is 28.6 Å². The second kappa shape index (κ2) is 5.01. The lowest BCUT2D eigenvalue weighted by atomic mass is 10.3. The predicted octanol–water partition coefficient (Wildman–Crippen LogP) is 0.951. The van der Waals surface area contributed by atoms with Crippen molar-refractivity contribution in [3.05, 3.63) is 29.0 Å². The summed E-state index contributed by atoms with van der Waals surface area (Å²) in [7, 11) is 1.51. The number of nitrogens with zero attached hydrogens (tertiary/aromatic N) is 4. The summed E-state index contributed by atoms with van der Waals surface area (Å²) in [6.07, 6.45) is -0.267. The van der Waals surface area contributed by atoms with Crippen LogP contribution in [0.15, 0.2) is 18.2 Å². The maximum Gasteiger partial charge on any atom is 0.311 e. The molecule has 0 aliphatic heterocycles. The SMILES string of the molecule is COc1ccc(-n2nnnc2CC(=O)O)cc1Cl. The van der Waals surface area contributed by atoms with Crippen LogP contribution >= 0.6 is 11.6 Å². The molecule has 0 unspecified atom stereocenters. The minimum atomic E-state index is -1.01. The highest BCUT2D eigenvalue weighted by Gasteiger charge is 2.13. The van der Waals surface area contributed by atoms with Crippen LogP contribution in [0.1, 0.15) is 5.82 Å². The van der Waals surface area contributed by atoms with Crippen LogP contribution in [0.2, 0.25) is 5.02 Å². The summed E-state index contributed by atoms with van der Waals surface area (Å²) in [6, 6.07) is 4.94. The van der Waals surface area contributed by atoms with Gasteiger partial charge in [-0.2, -0.15) is 4.68 Å². The van der Waals surface area contributed by atoms with Crippen LogP contribution in [0.25, 0.3) is 5.69 Å². The third kappa shape index (κ3) is 2.40. The molecule has 2 aromatic rings. The molecule has 94 valence electrons. The minimum absolute atomic E-state index is 0.226. The van der Waals surface area contributed by atoms with Crippen LogP contribution in [-0.2, 0) is 11.2 Å². The van der Waals surface area contributed by atoms with Gasteiger partial charge in [-0.1, -0.05) is 11.6 Å². The summed E-state index contributed by atoms with van der Waals surface area (Å²) < 4.78 is 6.34. The molecule has 8 heteroatoms. The lowest BCUT2D eigenvalue weighted by Crippen LogP contribution is -2.09. The van der Waals surface area contributed by atoms with E-state index in [4.69, 9.17) is 21.4 Å². The van der Waals surface area contributed by atoms with E-state index in [1.165, 1.54) is 11.8 Å². The third-order valence-corrected chi connectivity index (χ3v) is 2.52. The number of methoxy groups -OCH3 is 1. The maximum absolute atomic E-state index is 10.7. The fourth-order valence-electron chi connectivity index (χ4n) is 1.44. The molecule has 0 saturated carbocycles. The normalized spacial score (nSPS) is 10.3. The molecule has 0 amide bonds. The van der Waals surface area contributed by atoms with E-state index in [2.05, 4.69) is 15.5 Å². The molecule has 1 aromatic carbocycles. The fraction of sp³-hybridized carbons (Fsp3) is 0.200. The van der Waals surface area contributed by atoms with Crippen molar-refractivity contribution in [2.75, 3.05) is 7.11 Å². The van der Waals surface area contributed by atoms with E-state index in [-0.39, 0.29) is 12.2 Å². The van der Waals surface area contributed by atoms with E-state index in [1.54, 1.807) is 18.2 Å². The van der Waals surface area contributed by atoms with Gasteiger partial charge >= 0.3 is 5.97 Å². The number of rotatable bonds is 4. The lowest BCUT2D eigenvalue weighted by molar-refractivity contribution is -0.136. The van der Waals surface area contributed by atoms with Crippen molar-refractivity contribution in [1.29, 1.82) is 0 Å². The van der Waals surface area contributed by atoms with Gasteiger partial charge in [-0.15, -0.1) is 5.10 Å². The number of tetrazole rings is 1. The summed E-state index contributed by atoms with van der Waals surface area (Å²) in [5.74, 6) is -0.261. The maximum atomic E-state index is 10.7. The first-order valence-electron chi connectivity index (χ1n) is 4.95. The summed E-state index contributed by atoms with van der Waals surface area (Å²) >= 11 is 5.98. The number of ether oxygens (including phenoxy) is 1. The summed E-state index contributed by atoms with van der Waals surface area (Å²) in [6.45, 7) is 0. The zero-order valence-corrected chi connectivity index (χ0v) is 10.1. The third-order valence-electron chi connectivity index (χ3n) is 2.22. The Bertz CT molecular complexity index is 584. The first-order valence-corrected chi connectivity index (χ1v) is 5.32. The van der Waals surface area contributed by atoms with Gasteiger partial charge in [-0.25, -0.2) is 0 Å². The standard InChI is InChI=1S/C10H9ClN4O3/c1-18-8-3-2-6(4-7(8)11)15-9(5-10(16)17)12-13-14-15/h2-4H,5H2,1H3,(H,16,17). The Morgan fingerprint density at radius 3 is 2.94 bits per heavy atom. The smallest absolute Gasteiger partial charge is 0.311 e. The van der Waals surface area contributed by atoms with Gasteiger partial charge in [0, 0.05) is 0 Å². The number of aliphatic carboxylic acids is 1. The number of aromatic nitrogens is 4. The molecule has 0 bridgehead atoms. The number of carboxylic acid groups (broad SMARTS) is 1. The van der Waals surface area contributed by atoms with Crippen molar-refractivity contribution in [3.63, 3.8) is 0 Å². The first-order chi connectivity index (χ1) is 8.61. The number of carbonyl (C=O) groups is 1. The Labute approximate surface area is 107 Å². The molecular weight excluding hydrogens is 260 g/mol.